The van der Waals surface area contributed by atoms with E-state index in [2.05, 4.69) is 20.9 Å². The number of nitrogens with two attached hydrogens (primary N) is 2. The van der Waals surface area contributed by atoms with Gasteiger partial charge in [-0.1, -0.05) is 42.5 Å². The highest BCUT2D eigenvalue weighted by atomic mass is 16.5. The summed E-state index contributed by atoms with van der Waals surface area (Å²) in [6.45, 7) is 3.17. The number of carbonyl (C=O) groups excluding carboxylic acids is 2. The Kier molecular flexibility index (Phi) is 10.3. The molecule has 0 aromatic heterocycles. The van der Waals surface area contributed by atoms with E-state index in [0.29, 0.717) is 38.2 Å². The maximum Gasteiger partial charge on any atom is 0.327 e. The molecule has 11 nitrogen and oxygen atoms in total. The zero-order valence-electron chi connectivity index (χ0n) is 25.4. The number of nitrogens with zero attached hydrogens (tertiary/aromatic N) is 3. The van der Waals surface area contributed by atoms with Gasteiger partial charge >= 0.3 is 6.03 Å². The van der Waals surface area contributed by atoms with E-state index < -0.39 is 0 Å². The Hall–Kier alpha value is -5.29. The van der Waals surface area contributed by atoms with E-state index in [4.69, 9.17) is 16.2 Å². The maximum atomic E-state index is 13.0. The molecule has 3 aromatic rings. The van der Waals surface area contributed by atoms with Crippen molar-refractivity contribution in [2.45, 2.75) is 25.6 Å². The highest BCUT2D eigenvalue weighted by molar-refractivity contribution is 5.97. The fourth-order valence-electron chi connectivity index (χ4n) is 5.09. The molecule has 45 heavy (non-hydrogen) atoms. The molecule has 5 rings (SSSR count). The summed E-state index contributed by atoms with van der Waals surface area (Å²) in [4.78, 5) is 32.8. The number of anilines is 1. The number of urea groups is 1. The minimum Gasteiger partial charge on any atom is -0.494 e. The van der Waals surface area contributed by atoms with E-state index in [1.807, 2.05) is 91.1 Å². The molecule has 0 aliphatic carbocycles. The minimum absolute atomic E-state index is 0.00365. The van der Waals surface area contributed by atoms with Crippen molar-refractivity contribution in [3.63, 3.8) is 0 Å². The van der Waals surface area contributed by atoms with Crippen molar-refractivity contribution in [3.8, 4) is 5.75 Å². The lowest BCUT2D eigenvalue weighted by Crippen LogP contribution is -2.51. The van der Waals surface area contributed by atoms with Gasteiger partial charge in [0.05, 0.1) is 12.3 Å². The molecule has 0 bridgehead atoms. The quantitative estimate of drug-likeness (QED) is 0.107. The average molecular weight is 609 g/mol. The number of ether oxygens (including phenoxy) is 1. The minimum atomic E-state index is -0.312. The zero-order chi connectivity index (χ0) is 31.6. The molecule has 3 amide bonds. The molecule has 0 radical (unpaired) electrons. The van der Waals surface area contributed by atoms with Crippen LogP contribution in [0.2, 0.25) is 0 Å². The van der Waals surface area contributed by atoms with Crippen LogP contribution in [0.4, 0.5) is 10.5 Å². The average Bonchev–Trinajstić information content (AvgIpc) is 3.47. The van der Waals surface area contributed by atoms with Crippen molar-refractivity contribution in [1.82, 2.24) is 20.9 Å². The van der Waals surface area contributed by atoms with Crippen LogP contribution in [0.1, 0.15) is 34.3 Å². The Labute approximate surface area is 263 Å². The molecule has 2 aliphatic rings. The Bertz CT molecular complexity index is 1570. The first kappa shape index (κ1) is 31.1. The topological polar surface area (TPSA) is 150 Å². The molecule has 1 atom stereocenters. The molecule has 0 saturated carbocycles. The van der Waals surface area contributed by atoms with Gasteiger partial charge in [0.25, 0.3) is 5.91 Å². The van der Waals surface area contributed by atoms with Crippen LogP contribution in [-0.4, -0.2) is 62.3 Å². The number of hydrogen-bond acceptors (Lipinski definition) is 6. The van der Waals surface area contributed by atoms with Gasteiger partial charge in [0.2, 0.25) is 0 Å². The molecule has 2 heterocycles. The van der Waals surface area contributed by atoms with Gasteiger partial charge in [0.15, 0.2) is 5.96 Å². The third-order valence-corrected chi connectivity index (χ3v) is 7.48. The van der Waals surface area contributed by atoms with E-state index in [9.17, 15) is 9.59 Å². The summed E-state index contributed by atoms with van der Waals surface area (Å²) in [7, 11) is 1.80. The summed E-state index contributed by atoms with van der Waals surface area (Å²) in [6.07, 6.45) is 5.15. The van der Waals surface area contributed by atoms with Gasteiger partial charge in [-0.05, 0) is 67.4 Å². The second-order valence-corrected chi connectivity index (χ2v) is 10.9. The van der Waals surface area contributed by atoms with Gasteiger partial charge in [-0.3, -0.25) is 14.7 Å². The summed E-state index contributed by atoms with van der Waals surface area (Å²) in [5.41, 5.74) is 16.1. The number of nitrogens with one attached hydrogen (secondary N) is 3. The van der Waals surface area contributed by atoms with Gasteiger partial charge in [-0.2, -0.15) is 0 Å². The lowest BCUT2D eigenvalue weighted by molar-refractivity contribution is 0.0788. The van der Waals surface area contributed by atoms with Crippen molar-refractivity contribution in [1.29, 1.82) is 0 Å². The van der Waals surface area contributed by atoms with E-state index in [1.54, 1.807) is 16.8 Å². The normalized spacial score (nSPS) is 15.3. The summed E-state index contributed by atoms with van der Waals surface area (Å²) >= 11 is 0. The summed E-state index contributed by atoms with van der Waals surface area (Å²) in [6, 6.07) is 24.8. The fourth-order valence-corrected chi connectivity index (χ4v) is 5.09. The molecule has 0 spiro atoms. The molecule has 3 aromatic carbocycles. The van der Waals surface area contributed by atoms with Gasteiger partial charge in [-0.15, -0.1) is 0 Å². The summed E-state index contributed by atoms with van der Waals surface area (Å²) < 4.78 is 6.01. The zero-order valence-corrected chi connectivity index (χ0v) is 25.4. The second-order valence-electron chi connectivity index (χ2n) is 10.9. The SMILES string of the molecule is CN(CCCOc1cccc(C2=CC3=CN(c4ccc(CNCCCN=C(N)N)cc4)C(=O)NC3N2)c1)C(=O)c1ccccc1. The van der Waals surface area contributed by atoms with E-state index in [1.165, 1.54) is 0 Å². The number of benzene rings is 3. The van der Waals surface area contributed by atoms with Crippen molar-refractivity contribution >= 4 is 29.3 Å². The van der Waals surface area contributed by atoms with Crippen LogP contribution in [0.5, 0.6) is 5.75 Å². The predicted molar refractivity (Wildman–Crippen MR) is 177 cm³/mol. The van der Waals surface area contributed by atoms with Gasteiger partial charge in [-0.25, -0.2) is 4.79 Å². The molecule has 234 valence electrons. The third kappa shape index (κ3) is 8.42. The van der Waals surface area contributed by atoms with Crippen molar-refractivity contribution in [2.24, 2.45) is 16.5 Å². The lowest BCUT2D eigenvalue weighted by atomic mass is 10.1. The first-order valence-corrected chi connectivity index (χ1v) is 15.1. The van der Waals surface area contributed by atoms with Gasteiger partial charge < -0.3 is 37.1 Å². The molecule has 2 aliphatic heterocycles. The number of hydrogen-bond donors (Lipinski definition) is 5. The predicted octanol–water partition coefficient (Wildman–Crippen LogP) is 3.36. The molecule has 0 saturated heterocycles. The third-order valence-electron chi connectivity index (χ3n) is 7.48. The largest absolute Gasteiger partial charge is 0.494 e. The van der Waals surface area contributed by atoms with Gasteiger partial charge in [0.1, 0.15) is 11.9 Å². The number of guanidine groups is 1. The Balaban J connectivity index is 1.13. The van der Waals surface area contributed by atoms with E-state index in [-0.39, 0.29) is 24.1 Å². The number of carbonyl (C=O) groups is 2. The van der Waals surface area contributed by atoms with Crippen molar-refractivity contribution < 1.29 is 14.3 Å². The smallest absolute Gasteiger partial charge is 0.327 e. The van der Waals surface area contributed by atoms with Crippen LogP contribution in [-0.2, 0) is 6.54 Å². The standard InChI is InChI=1S/C34H40N8O3/c1-41(32(43)25-8-3-2-4-9-25)18-7-19-45-29-11-5-10-26(20-29)30-21-27-23-42(34(44)40-31(27)39-30)28-14-12-24(13-15-28)22-37-16-6-17-38-33(35)36/h2-5,8-15,20-21,23,31,37,39H,6-7,16-19,22H2,1H3,(H,40,44)(H4,35,36,38). The van der Waals surface area contributed by atoms with Crippen LogP contribution in [0.3, 0.4) is 0 Å². The summed E-state index contributed by atoms with van der Waals surface area (Å²) in [5.74, 6) is 0.847. The Morgan fingerprint density at radius 1 is 1.02 bits per heavy atom. The molecule has 0 fully saturated rings. The van der Waals surface area contributed by atoms with Crippen molar-refractivity contribution in [3.05, 3.63) is 113 Å². The second kappa shape index (κ2) is 14.9. The first-order chi connectivity index (χ1) is 21.9. The highest BCUT2D eigenvalue weighted by Crippen LogP contribution is 2.29. The Morgan fingerprint density at radius 2 is 1.82 bits per heavy atom. The molecule has 1 unspecified atom stereocenters. The Morgan fingerprint density at radius 3 is 2.60 bits per heavy atom. The molecular formula is C34H40N8O3. The van der Waals surface area contributed by atoms with Crippen molar-refractivity contribution in [2.75, 3.05) is 38.2 Å². The fraction of sp³-hybridized carbons (Fsp3) is 0.265. The maximum absolute atomic E-state index is 13.0. The van der Waals surface area contributed by atoms with E-state index in [0.717, 1.165) is 46.8 Å². The first-order valence-electron chi connectivity index (χ1n) is 15.1. The van der Waals surface area contributed by atoms with Crippen LogP contribution in [0, 0.1) is 0 Å². The van der Waals surface area contributed by atoms with Crippen LogP contribution in [0.25, 0.3) is 5.70 Å². The number of rotatable bonds is 14. The van der Waals surface area contributed by atoms with Crippen LogP contribution in [0.15, 0.2) is 102 Å². The lowest BCUT2D eigenvalue weighted by Gasteiger charge is -2.29. The van der Waals surface area contributed by atoms with Crippen LogP contribution >= 0.6 is 0 Å². The highest BCUT2D eigenvalue weighted by Gasteiger charge is 2.31. The monoisotopic (exact) mass is 608 g/mol. The molecule has 7 N–H and O–H groups in total. The number of amides is 3. The molecule has 11 heteroatoms. The molecular weight excluding hydrogens is 568 g/mol. The number of fused-ring (bicyclic) bond motifs is 1. The summed E-state index contributed by atoms with van der Waals surface area (Å²) in [5, 5.41) is 9.82. The van der Waals surface area contributed by atoms with Gasteiger partial charge in [0, 0.05) is 55.3 Å². The number of aliphatic imine (C=N–C) groups is 1. The van der Waals surface area contributed by atoms with E-state index >= 15 is 0 Å². The van der Waals surface area contributed by atoms with Crippen LogP contribution < -0.4 is 37.1 Å².